The Morgan fingerprint density at radius 2 is 1.91 bits per heavy atom. The Hall–Kier alpha value is -2.40. The molecule has 0 spiro atoms. The van der Waals surface area contributed by atoms with Crippen LogP contribution in [0.3, 0.4) is 0 Å². The van der Waals surface area contributed by atoms with Gasteiger partial charge in [-0.05, 0) is 16.3 Å². The minimum absolute atomic E-state index is 0.200. The molecule has 2 aliphatic rings. The van der Waals surface area contributed by atoms with Crippen molar-refractivity contribution in [2.45, 2.75) is 24.7 Å². The van der Waals surface area contributed by atoms with Crippen molar-refractivity contribution < 1.29 is 24.2 Å². The molecular formula is C17H14O5. The molecule has 4 atom stereocenters. The van der Waals surface area contributed by atoms with E-state index in [0.717, 1.165) is 16.3 Å². The zero-order valence-corrected chi connectivity index (χ0v) is 11.6. The molecule has 112 valence electrons. The molecule has 1 N–H and O–H groups in total. The average Bonchev–Trinajstić information content (AvgIpc) is 3.02. The summed E-state index contributed by atoms with van der Waals surface area (Å²) in [7, 11) is 0. The number of carbonyl (C=O) groups is 2. The summed E-state index contributed by atoms with van der Waals surface area (Å²) in [4.78, 5) is 23.0. The van der Waals surface area contributed by atoms with Gasteiger partial charge < -0.3 is 14.6 Å². The van der Waals surface area contributed by atoms with E-state index in [1.807, 2.05) is 42.5 Å². The molecule has 2 saturated heterocycles. The molecule has 2 aromatic carbocycles. The summed E-state index contributed by atoms with van der Waals surface area (Å²) < 4.78 is 10.5. The van der Waals surface area contributed by atoms with Crippen LogP contribution in [0, 0.1) is 5.92 Å². The Kier molecular flexibility index (Phi) is 2.90. The lowest BCUT2D eigenvalue weighted by molar-refractivity contribution is -0.175. The summed E-state index contributed by atoms with van der Waals surface area (Å²) in [6, 6.07) is 13.7. The zero-order valence-electron chi connectivity index (χ0n) is 11.6. The SMILES string of the molecule is O=C1C[C@H]2[C@@H](O1)O[C@@H](C(=O)O)[C@H]2c1ccc2ccccc2c1. The number of carbonyl (C=O) groups excluding carboxylic acids is 1. The molecule has 0 amide bonds. The fourth-order valence-electron chi connectivity index (χ4n) is 3.48. The Morgan fingerprint density at radius 1 is 1.14 bits per heavy atom. The molecule has 5 heteroatoms. The molecule has 0 saturated carbocycles. The van der Waals surface area contributed by atoms with Crippen molar-refractivity contribution in [1.82, 2.24) is 0 Å². The number of carboxylic acids is 1. The van der Waals surface area contributed by atoms with Crippen LogP contribution in [0.25, 0.3) is 10.8 Å². The van der Waals surface area contributed by atoms with Gasteiger partial charge in [0.2, 0.25) is 6.29 Å². The minimum Gasteiger partial charge on any atom is -0.479 e. The molecule has 0 aliphatic carbocycles. The van der Waals surface area contributed by atoms with Gasteiger partial charge in [0.25, 0.3) is 0 Å². The van der Waals surface area contributed by atoms with E-state index in [1.165, 1.54) is 0 Å². The summed E-state index contributed by atoms with van der Waals surface area (Å²) in [5, 5.41) is 11.5. The van der Waals surface area contributed by atoms with Gasteiger partial charge in [-0.25, -0.2) is 4.79 Å². The van der Waals surface area contributed by atoms with Crippen LogP contribution in [0.4, 0.5) is 0 Å². The van der Waals surface area contributed by atoms with Crippen LogP contribution in [0.15, 0.2) is 42.5 Å². The third kappa shape index (κ3) is 1.97. The van der Waals surface area contributed by atoms with E-state index in [4.69, 9.17) is 9.47 Å². The second-order valence-corrected chi connectivity index (χ2v) is 5.75. The van der Waals surface area contributed by atoms with Gasteiger partial charge in [-0.2, -0.15) is 0 Å². The van der Waals surface area contributed by atoms with E-state index in [-0.39, 0.29) is 24.2 Å². The molecule has 0 unspecified atom stereocenters. The maximum Gasteiger partial charge on any atom is 0.333 e. The van der Waals surface area contributed by atoms with Crippen LogP contribution in [0.5, 0.6) is 0 Å². The van der Waals surface area contributed by atoms with E-state index < -0.39 is 18.4 Å². The Bertz CT molecular complexity index is 768. The molecule has 22 heavy (non-hydrogen) atoms. The number of esters is 1. The van der Waals surface area contributed by atoms with Gasteiger partial charge in [0.15, 0.2) is 6.10 Å². The Morgan fingerprint density at radius 3 is 2.68 bits per heavy atom. The van der Waals surface area contributed by atoms with Crippen LogP contribution < -0.4 is 0 Å². The molecular weight excluding hydrogens is 284 g/mol. The van der Waals surface area contributed by atoms with E-state index >= 15 is 0 Å². The number of benzene rings is 2. The standard InChI is InChI=1S/C17H14O5/c18-13-8-12-14(15(16(19)20)22-17(12)21-13)11-6-5-9-3-1-2-4-10(9)7-11/h1-7,12,14-15,17H,8H2,(H,19,20)/t12-,14+,15-,17+/m1/s1. The normalized spacial score (nSPS) is 30.3. The highest BCUT2D eigenvalue weighted by molar-refractivity contribution is 5.84. The zero-order chi connectivity index (χ0) is 15.3. The van der Waals surface area contributed by atoms with E-state index in [2.05, 4.69) is 0 Å². The van der Waals surface area contributed by atoms with Crippen LogP contribution in [0.1, 0.15) is 17.9 Å². The van der Waals surface area contributed by atoms with E-state index in [0.29, 0.717) is 0 Å². The molecule has 5 nitrogen and oxygen atoms in total. The number of ether oxygens (including phenoxy) is 2. The first kappa shape index (κ1) is 13.3. The summed E-state index contributed by atoms with van der Waals surface area (Å²) >= 11 is 0. The first-order chi connectivity index (χ1) is 10.6. The lowest BCUT2D eigenvalue weighted by Crippen LogP contribution is -2.28. The van der Waals surface area contributed by atoms with Crippen LogP contribution >= 0.6 is 0 Å². The van der Waals surface area contributed by atoms with Gasteiger partial charge in [0.1, 0.15) is 0 Å². The van der Waals surface area contributed by atoms with Crippen molar-refractivity contribution in [2.75, 3.05) is 0 Å². The van der Waals surface area contributed by atoms with Crippen molar-refractivity contribution in [3.63, 3.8) is 0 Å². The van der Waals surface area contributed by atoms with Crippen LogP contribution in [0.2, 0.25) is 0 Å². The van der Waals surface area contributed by atoms with Crippen molar-refractivity contribution in [3.05, 3.63) is 48.0 Å². The maximum absolute atomic E-state index is 11.5. The minimum atomic E-state index is -1.02. The predicted octanol–water partition coefficient (Wildman–Crippen LogP) is 2.30. The third-order valence-electron chi connectivity index (χ3n) is 4.47. The van der Waals surface area contributed by atoms with Crippen molar-refractivity contribution in [2.24, 2.45) is 5.92 Å². The van der Waals surface area contributed by atoms with Crippen LogP contribution in [-0.4, -0.2) is 29.4 Å². The fraction of sp³-hybridized carbons (Fsp3) is 0.294. The highest BCUT2D eigenvalue weighted by atomic mass is 16.7. The van der Waals surface area contributed by atoms with Crippen molar-refractivity contribution >= 4 is 22.7 Å². The topological polar surface area (TPSA) is 72.8 Å². The first-order valence-electron chi connectivity index (χ1n) is 7.20. The largest absolute Gasteiger partial charge is 0.479 e. The molecule has 2 fully saturated rings. The number of aliphatic carboxylic acids is 1. The van der Waals surface area contributed by atoms with Gasteiger partial charge in [0.05, 0.1) is 6.42 Å². The average molecular weight is 298 g/mol. The Labute approximate surface area is 126 Å². The summed E-state index contributed by atoms with van der Waals surface area (Å²) in [5.41, 5.74) is 0.872. The number of rotatable bonds is 2. The monoisotopic (exact) mass is 298 g/mol. The second-order valence-electron chi connectivity index (χ2n) is 5.75. The first-order valence-corrected chi connectivity index (χ1v) is 7.20. The van der Waals surface area contributed by atoms with Gasteiger partial charge in [-0.15, -0.1) is 0 Å². The fourth-order valence-corrected chi connectivity index (χ4v) is 3.48. The van der Waals surface area contributed by atoms with Crippen LogP contribution in [-0.2, 0) is 19.1 Å². The highest BCUT2D eigenvalue weighted by Gasteiger charge is 2.54. The van der Waals surface area contributed by atoms with Gasteiger partial charge in [0, 0.05) is 11.8 Å². The van der Waals surface area contributed by atoms with Crippen molar-refractivity contribution in [3.8, 4) is 0 Å². The van der Waals surface area contributed by atoms with Gasteiger partial charge in [-0.1, -0.05) is 42.5 Å². The predicted molar refractivity (Wildman–Crippen MR) is 77.2 cm³/mol. The van der Waals surface area contributed by atoms with Gasteiger partial charge >= 0.3 is 11.9 Å². The third-order valence-corrected chi connectivity index (χ3v) is 4.47. The molecule has 2 aliphatic heterocycles. The van der Waals surface area contributed by atoms with Crippen molar-refractivity contribution in [1.29, 1.82) is 0 Å². The number of hydrogen-bond acceptors (Lipinski definition) is 4. The quantitative estimate of drug-likeness (QED) is 0.861. The highest BCUT2D eigenvalue weighted by Crippen LogP contribution is 2.46. The smallest absolute Gasteiger partial charge is 0.333 e. The number of hydrogen-bond donors (Lipinski definition) is 1. The summed E-state index contributed by atoms with van der Waals surface area (Å²) in [6.45, 7) is 0. The van der Waals surface area contributed by atoms with Gasteiger partial charge in [-0.3, -0.25) is 4.79 Å². The number of carboxylic acid groups (broad SMARTS) is 1. The molecule has 2 heterocycles. The molecule has 4 rings (SSSR count). The number of fused-ring (bicyclic) bond motifs is 2. The van der Waals surface area contributed by atoms with E-state index in [9.17, 15) is 14.7 Å². The molecule has 0 bridgehead atoms. The lowest BCUT2D eigenvalue weighted by Gasteiger charge is -2.19. The maximum atomic E-state index is 11.5. The lowest BCUT2D eigenvalue weighted by atomic mass is 9.82. The second kappa shape index (κ2) is 4.81. The molecule has 0 radical (unpaired) electrons. The Balaban J connectivity index is 1.78. The van der Waals surface area contributed by atoms with E-state index in [1.54, 1.807) is 0 Å². The molecule has 0 aromatic heterocycles. The summed E-state index contributed by atoms with van der Waals surface area (Å²) in [6.07, 6.45) is -1.53. The summed E-state index contributed by atoms with van der Waals surface area (Å²) in [5.74, 6) is -1.97. The molecule has 2 aromatic rings.